The Hall–Kier alpha value is -1.78. The van der Waals surface area contributed by atoms with E-state index >= 15 is 0 Å². The van der Waals surface area contributed by atoms with Gasteiger partial charge in [-0.25, -0.2) is 8.78 Å². The Labute approximate surface area is 90.5 Å². The molecule has 16 heavy (non-hydrogen) atoms. The highest BCUT2D eigenvalue weighted by atomic mass is 19.2. The van der Waals surface area contributed by atoms with Gasteiger partial charge in [-0.2, -0.15) is 15.4 Å². The van der Waals surface area contributed by atoms with E-state index in [-0.39, 0.29) is 5.41 Å². The Kier molecular flexibility index (Phi) is 1.83. The van der Waals surface area contributed by atoms with Crippen LogP contribution < -0.4 is 0 Å². The lowest BCUT2D eigenvalue weighted by atomic mass is 9.93. The molecule has 0 spiro atoms. The molecule has 1 fully saturated rings. The van der Waals surface area contributed by atoms with Gasteiger partial charge in [-0.05, 0) is 30.5 Å². The first-order chi connectivity index (χ1) is 7.72. The highest BCUT2D eigenvalue weighted by molar-refractivity contribution is 5.40. The van der Waals surface area contributed by atoms with Crippen molar-refractivity contribution in [3.8, 4) is 0 Å². The first-order valence-electron chi connectivity index (χ1n) is 5.04. The van der Waals surface area contributed by atoms with Crippen molar-refractivity contribution in [3.05, 3.63) is 47.3 Å². The van der Waals surface area contributed by atoms with Gasteiger partial charge in [0.05, 0.1) is 11.9 Å². The highest BCUT2D eigenvalue weighted by Crippen LogP contribution is 2.52. The maximum Gasteiger partial charge on any atom is 0.159 e. The number of rotatable bonds is 2. The van der Waals surface area contributed by atoms with Crippen LogP contribution in [0.1, 0.15) is 24.1 Å². The first kappa shape index (κ1) is 9.45. The van der Waals surface area contributed by atoms with Gasteiger partial charge >= 0.3 is 0 Å². The summed E-state index contributed by atoms with van der Waals surface area (Å²) >= 11 is 0. The van der Waals surface area contributed by atoms with Gasteiger partial charge in [-0.1, -0.05) is 6.07 Å². The van der Waals surface area contributed by atoms with Gasteiger partial charge in [0.25, 0.3) is 0 Å². The van der Waals surface area contributed by atoms with Crippen LogP contribution in [0.3, 0.4) is 0 Å². The van der Waals surface area contributed by atoms with Crippen LogP contribution in [0.2, 0.25) is 0 Å². The van der Waals surface area contributed by atoms with Gasteiger partial charge in [-0.3, -0.25) is 0 Å². The van der Waals surface area contributed by atoms with Crippen molar-refractivity contribution in [2.45, 2.75) is 18.3 Å². The van der Waals surface area contributed by atoms with Crippen LogP contribution in [0.4, 0.5) is 8.78 Å². The second-order valence-electron chi connectivity index (χ2n) is 4.07. The molecule has 0 unspecified atom stereocenters. The maximum absolute atomic E-state index is 13.2. The smallest absolute Gasteiger partial charge is 0.159 e. The fourth-order valence-corrected chi connectivity index (χ4v) is 2.04. The van der Waals surface area contributed by atoms with Crippen molar-refractivity contribution < 1.29 is 8.78 Å². The summed E-state index contributed by atoms with van der Waals surface area (Å²) in [6.45, 7) is 0. The third kappa shape index (κ3) is 1.24. The third-order valence-electron chi connectivity index (χ3n) is 3.13. The number of H-pyrrole nitrogens is 1. The standard InChI is InChI=1S/C11H9F2N3/c12-8-2-1-7(5-9(8)13)11(3-4-11)10-6-14-16-15-10/h1-2,5-6H,3-4H2,(H,14,15,16). The molecule has 0 bridgehead atoms. The molecule has 1 aliphatic rings. The molecule has 82 valence electrons. The quantitative estimate of drug-likeness (QED) is 0.844. The maximum atomic E-state index is 13.2. The van der Waals surface area contributed by atoms with Crippen molar-refractivity contribution in [1.29, 1.82) is 0 Å². The fraction of sp³-hybridized carbons (Fsp3) is 0.273. The normalized spacial score (nSPS) is 17.4. The van der Waals surface area contributed by atoms with Crippen molar-refractivity contribution in [1.82, 2.24) is 15.4 Å². The lowest BCUT2D eigenvalue weighted by molar-refractivity contribution is 0.505. The van der Waals surface area contributed by atoms with Gasteiger partial charge in [0.2, 0.25) is 0 Å². The number of aromatic nitrogens is 3. The summed E-state index contributed by atoms with van der Waals surface area (Å²) in [5, 5.41) is 10.3. The summed E-state index contributed by atoms with van der Waals surface area (Å²) in [6.07, 6.45) is 3.42. The summed E-state index contributed by atoms with van der Waals surface area (Å²) in [6, 6.07) is 4.02. The molecule has 0 amide bonds. The number of hydrogen-bond acceptors (Lipinski definition) is 2. The van der Waals surface area contributed by atoms with Crippen LogP contribution >= 0.6 is 0 Å². The number of hydrogen-bond donors (Lipinski definition) is 1. The van der Waals surface area contributed by atoms with Crippen LogP contribution in [0.15, 0.2) is 24.4 Å². The van der Waals surface area contributed by atoms with Gasteiger partial charge in [0.15, 0.2) is 11.6 Å². The molecule has 2 aromatic rings. The van der Waals surface area contributed by atoms with Crippen LogP contribution in [0, 0.1) is 11.6 Å². The summed E-state index contributed by atoms with van der Waals surface area (Å²) in [5.74, 6) is -1.63. The van der Waals surface area contributed by atoms with Gasteiger partial charge in [0.1, 0.15) is 0 Å². The minimum atomic E-state index is -0.820. The molecular weight excluding hydrogens is 212 g/mol. The van der Waals surface area contributed by atoms with Crippen LogP contribution in [-0.2, 0) is 5.41 Å². The lowest BCUT2D eigenvalue weighted by Gasteiger charge is -2.12. The molecule has 0 radical (unpaired) electrons. The molecule has 1 heterocycles. The van der Waals surface area contributed by atoms with E-state index in [0.29, 0.717) is 0 Å². The van der Waals surface area contributed by atoms with E-state index in [4.69, 9.17) is 0 Å². The number of aromatic amines is 1. The van der Waals surface area contributed by atoms with Crippen molar-refractivity contribution in [2.75, 3.05) is 0 Å². The first-order valence-corrected chi connectivity index (χ1v) is 5.04. The van der Waals surface area contributed by atoms with E-state index < -0.39 is 11.6 Å². The zero-order chi connectivity index (χ0) is 11.2. The predicted octanol–water partition coefficient (Wildman–Crippen LogP) is 2.16. The summed E-state index contributed by atoms with van der Waals surface area (Å²) in [4.78, 5) is 0. The van der Waals surface area contributed by atoms with Crippen molar-refractivity contribution >= 4 is 0 Å². The Morgan fingerprint density at radius 3 is 2.56 bits per heavy atom. The topological polar surface area (TPSA) is 41.6 Å². The largest absolute Gasteiger partial charge is 0.204 e. The molecule has 3 nitrogen and oxygen atoms in total. The van der Waals surface area contributed by atoms with Crippen molar-refractivity contribution in [2.24, 2.45) is 0 Å². The van der Waals surface area contributed by atoms with Gasteiger partial charge in [-0.15, -0.1) is 0 Å². The second kappa shape index (κ2) is 3.10. The average Bonchev–Trinajstić information content (AvgIpc) is 2.90. The van der Waals surface area contributed by atoms with Gasteiger partial charge in [0, 0.05) is 5.41 Å². The molecule has 0 aliphatic heterocycles. The molecule has 1 N–H and O–H groups in total. The van der Waals surface area contributed by atoms with E-state index in [0.717, 1.165) is 30.2 Å². The SMILES string of the molecule is Fc1ccc(C2(c3cn[nH]n3)CC2)cc1F. The summed E-state index contributed by atoms with van der Waals surface area (Å²) < 4.78 is 26.0. The number of halogens is 2. The average molecular weight is 221 g/mol. The Bertz CT molecular complexity index is 518. The third-order valence-corrected chi connectivity index (χ3v) is 3.13. The number of nitrogens with one attached hydrogen (secondary N) is 1. The minimum Gasteiger partial charge on any atom is -0.204 e. The van der Waals surface area contributed by atoms with Crippen LogP contribution in [0.5, 0.6) is 0 Å². The molecule has 0 saturated heterocycles. The molecule has 3 rings (SSSR count). The number of benzene rings is 1. The van der Waals surface area contributed by atoms with Crippen LogP contribution in [0.25, 0.3) is 0 Å². The van der Waals surface area contributed by atoms with E-state index in [1.54, 1.807) is 12.3 Å². The van der Waals surface area contributed by atoms with E-state index in [1.807, 2.05) is 0 Å². The van der Waals surface area contributed by atoms with Crippen LogP contribution in [-0.4, -0.2) is 15.4 Å². The van der Waals surface area contributed by atoms with E-state index in [2.05, 4.69) is 15.4 Å². The van der Waals surface area contributed by atoms with E-state index in [9.17, 15) is 8.78 Å². The molecule has 1 aromatic heterocycles. The van der Waals surface area contributed by atoms with E-state index in [1.165, 1.54) is 6.07 Å². The molecule has 1 saturated carbocycles. The Morgan fingerprint density at radius 1 is 1.19 bits per heavy atom. The highest BCUT2D eigenvalue weighted by Gasteiger charge is 2.48. The predicted molar refractivity (Wildman–Crippen MR) is 52.8 cm³/mol. The molecule has 0 atom stereocenters. The molecule has 1 aromatic carbocycles. The second-order valence-corrected chi connectivity index (χ2v) is 4.07. The zero-order valence-corrected chi connectivity index (χ0v) is 8.37. The van der Waals surface area contributed by atoms with Crippen molar-refractivity contribution in [3.63, 3.8) is 0 Å². The number of nitrogens with zero attached hydrogens (tertiary/aromatic N) is 2. The fourth-order valence-electron chi connectivity index (χ4n) is 2.04. The molecular formula is C11H9F2N3. The summed E-state index contributed by atoms with van der Waals surface area (Å²) in [5.41, 5.74) is 1.29. The summed E-state index contributed by atoms with van der Waals surface area (Å²) in [7, 11) is 0. The van der Waals surface area contributed by atoms with Gasteiger partial charge < -0.3 is 0 Å². The Morgan fingerprint density at radius 2 is 2.00 bits per heavy atom. The molecule has 5 heteroatoms. The zero-order valence-electron chi connectivity index (χ0n) is 8.37. The Balaban J connectivity index is 2.07. The minimum absolute atomic E-state index is 0.262. The molecule has 1 aliphatic carbocycles. The monoisotopic (exact) mass is 221 g/mol. The lowest BCUT2D eigenvalue weighted by Crippen LogP contribution is -2.10.